The second-order valence-electron chi connectivity index (χ2n) is 5.56. The Hall–Kier alpha value is -2.61. The second-order valence-corrected chi connectivity index (χ2v) is 7.24. The number of rotatable bonds is 4. The van der Waals surface area contributed by atoms with E-state index < -0.39 is 5.91 Å². The third-order valence-electron chi connectivity index (χ3n) is 3.87. The van der Waals surface area contributed by atoms with Gasteiger partial charge >= 0.3 is 0 Å². The number of ether oxygens (including phenoxy) is 1. The van der Waals surface area contributed by atoms with Gasteiger partial charge in [0.05, 0.1) is 23.4 Å². The minimum absolute atomic E-state index is 0.192. The van der Waals surface area contributed by atoms with E-state index >= 15 is 0 Å². The quantitative estimate of drug-likeness (QED) is 0.504. The molecule has 0 spiro atoms. The van der Waals surface area contributed by atoms with Gasteiger partial charge in [-0.05, 0) is 42.5 Å². The number of methoxy groups -OCH3 is 1. The number of carbonyl (C=O) groups excluding carboxylic acids is 1. The summed E-state index contributed by atoms with van der Waals surface area (Å²) in [6.07, 6.45) is 0. The zero-order valence-corrected chi connectivity index (χ0v) is 16.3. The van der Waals surface area contributed by atoms with Crippen molar-refractivity contribution >= 4 is 51.4 Å². The van der Waals surface area contributed by atoms with Crippen LogP contribution in [0.3, 0.4) is 0 Å². The molecule has 1 amide bonds. The molecular weight excluding hydrogens is 407 g/mol. The lowest BCUT2D eigenvalue weighted by Crippen LogP contribution is -2.13. The van der Waals surface area contributed by atoms with Crippen LogP contribution >= 0.6 is 34.5 Å². The standard InChI is InChI=1S/C18H12Cl2N4O2S/c1-26-12-5-2-10(3-6-12)15-9-27-18-22-17(23-24(15)18)21-16(25)13-8-11(19)4-7-14(13)20/h2-9H,1H3,(H,21,23,25). The summed E-state index contributed by atoms with van der Waals surface area (Å²) in [6.45, 7) is 0. The number of aromatic nitrogens is 3. The molecule has 4 aromatic rings. The Morgan fingerprint density at radius 1 is 1.19 bits per heavy atom. The van der Waals surface area contributed by atoms with E-state index in [-0.39, 0.29) is 11.5 Å². The lowest BCUT2D eigenvalue weighted by Gasteiger charge is -2.04. The Bertz CT molecular complexity index is 1140. The van der Waals surface area contributed by atoms with Gasteiger partial charge in [-0.2, -0.15) is 4.98 Å². The Labute approximate surface area is 168 Å². The fraction of sp³-hybridized carbons (Fsp3) is 0.0556. The number of amides is 1. The number of hydrogen-bond acceptors (Lipinski definition) is 5. The van der Waals surface area contributed by atoms with Gasteiger partial charge < -0.3 is 4.74 Å². The maximum atomic E-state index is 12.5. The van der Waals surface area contributed by atoms with Gasteiger partial charge in [-0.3, -0.25) is 10.1 Å². The van der Waals surface area contributed by atoms with Crippen LogP contribution in [0.5, 0.6) is 5.75 Å². The molecular formula is C18H12Cl2N4O2S. The van der Waals surface area contributed by atoms with Gasteiger partial charge in [-0.25, -0.2) is 4.52 Å². The normalized spacial score (nSPS) is 10.9. The number of benzene rings is 2. The molecule has 0 saturated carbocycles. The van der Waals surface area contributed by atoms with Crippen LogP contribution in [0.1, 0.15) is 10.4 Å². The third kappa shape index (κ3) is 3.49. The Morgan fingerprint density at radius 3 is 2.70 bits per heavy atom. The average Bonchev–Trinajstić information content (AvgIpc) is 3.24. The number of fused-ring (bicyclic) bond motifs is 1. The number of carbonyl (C=O) groups is 1. The minimum atomic E-state index is -0.424. The first-order chi connectivity index (χ1) is 13.0. The van der Waals surface area contributed by atoms with Gasteiger partial charge in [-0.15, -0.1) is 16.4 Å². The van der Waals surface area contributed by atoms with E-state index in [1.165, 1.54) is 17.4 Å². The number of anilines is 1. The molecule has 0 radical (unpaired) electrons. The highest BCUT2D eigenvalue weighted by Crippen LogP contribution is 2.28. The number of hydrogen-bond donors (Lipinski definition) is 1. The maximum Gasteiger partial charge on any atom is 0.259 e. The second kappa shape index (κ2) is 7.19. The fourth-order valence-corrected chi connectivity index (χ4v) is 3.74. The van der Waals surface area contributed by atoms with E-state index in [4.69, 9.17) is 27.9 Å². The van der Waals surface area contributed by atoms with Gasteiger partial charge in [0, 0.05) is 16.0 Å². The molecule has 0 aliphatic heterocycles. The summed E-state index contributed by atoms with van der Waals surface area (Å²) < 4.78 is 6.86. The smallest absolute Gasteiger partial charge is 0.259 e. The molecule has 2 aromatic carbocycles. The third-order valence-corrected chi connectivity index (χ3v) is 5.25. The topological polar surface area (TPSA) is 68.5 Å². The molecule has 0 aliphatic rings. The van der Waals surface area contributed by atoms with Crippen molar-refractivity contribution in [3.05, 3.63) is 63.5 Å². The molecule has 2 aromatic heterocycles. The molecule has 6 nitrogen and oxygen atoms in total. The van der Waals surface area contributed by atoms with Crippen molar-refractivity contribution in [3.8, 4) is 17.0 Å². The largest absolute Gasteiger partial charge is 0.497 e. The molecule has 0 atom stereocenters. The van der Waals surface area contributed by atoms with Crippen LogP contribution in [0.25, 0.3) is 16.2 Å². The highest BCUT2D eigenvalue weighted by atomic mass is 35.5. The highest BCUT2D eigenvalue weighted by molar-refractivity contribution is 7.15. The zero-order chi connectivity index (χ0) is 19.0. The maximum absolute atomic E-state index is 12.5. The summed E-state index contributed by atoms with van der Waals surface area (Å²) >= 11 is 13.4. The highest BCUT2D eigenvalue weighted by Gasteiger charge is 2.16. The summed E-state index contributed by atoms with van der Waals surface area (Å²) in [6, 6.07) is 12.3. The molecule has 0 unspecified atom stereocenters. The zero-order valence-electron chi connectivity index (χ0n) is 13.9. The predicted molar refractivity (Wildman–Crippen MR) is 107 cm³/mol. The van der Waals surface area contributed by atoms with Crippen molar-refractivity contribution in [1.29, 1.82) is 0 Å². The van der Waals surface area contributed by atoms with Crippen molar-refractivity contribution in [2.45, 2.75) is 0 Å². The van der Waals surface area contributed by atoms with Crippen LogP contribution in [-0.2, 0) is 0 Å². The molecule has 136 valence electrons. The van der Waals surface area contributed by atoms with Gasteiger partial charge in [0.25, 0.3) is 11.9 Å². The lowest BCUT2D eigenvalue weighted by molar-refractivity contribution is 0.102. The van der Waals surface area contributed by atoms with Crippen molar-refractivity contribution in [2.75, 3.05) is 12.4 Å². The van der Waals surface area contributed by atoms with Crippen molar-refractivity contribution in [2.24, 2.45) is 0 Å². The average molecular weight is 419 g/mol. The van der Waals surface area contributed by atoms with Crippen LogP contribution in [0.15, 0.2) is 47.8 Å². The van der Waals surface area contributed by atoms with E-state index in [0.29, 0.717) is 15.0 Å². The van der Waals surface area contributed by atoms with Crippen molar-refractivity contribution in [3.63, 3.8) is 0 Å². The SMILES string of the molecule is COc1ccc(-c2csc3nc(NC(=O)c4cc(Cl)ccc4Cl)nn23)cc1. The minimum Gasteiger partial charge on any atom is -0.497 e. The van der Waals surface area contributed by atoms with Gasteiger partial charge in [0.2, 0.25) is 4.96 Å². The number of nitrogens with zero attached hydrogens (tertiary/aromatic N) is 3. The summed E-state index contributed by atoms with van der Waals surface area (Å²) in [5.41, 5.74) is 2.09. The van der Waals surface area contributed by atoms with E-state index in [0.717, 1.165) is 17.0 Å². The fourth-order valence-electron chi connectivity index (χ4n) is 2.53. The van der Waals surface area contributed by atoms with Crippen molar-refractivity contribution in [1.82, 2.24) is 14.6 Å². The number of halogens is 2. The lowest BCUT2D eigenvalue weighted by atomic mass is 10.2. The molecule has 9 heteroatoms. The Balaban J connectivity index is 1.63. The Kier molecular flexibility index (Phi) is 4.73. The number of thiazole rings is 1. The molecule has 27 heavy (non-hydrogen) atoms. The monoisotopic (exact) mass is 418 g/mol. The van der Waals surface area contributed by atoms with Crippen LogP contribution in [0, 0.1) is 0 Å². The van der Waals surface area contributed by atoms with Crippen LogP contribution < -0.4 is 10.1 Å². The van der Waals surface area contributed by atoms with Crippen LogP contribution in [-0.4, -0.2) is 27.6 Å². The van der Waals surface area contributed by atoms with E-state index in [9.17, 15) is 4.79 Å². The van der Waals surface area contributed by atoms with E-state index in [1.807, 2.05) is 29.6 Å². The van der Waals surface area contributed by atoms with Crippen LogP contribution in [0.2, 0.25) is 10.0 Å². The summed E-state index contributed by atoms with van der Waals surface area (Å²) in [7, 11) is 1.62. The van der Waals surface area contributed by atoms with Crippen LogP contribution in [0.4, 0.5) is 5.95 Å². The molecule has 0 bridgehead atoms. The first kappa shape index (κ1) is 17.8. The molecule has 0 aliphatic carbocycles. The molecule has 0 saturated heterocycles. The van der Waals surface area contributed by atoms with Gasteiger partial charge in [0.15, 0.2) is 0 Å². The summed E-state index contributed by atoms with van der Waals surface area (Å²) in [4.78, 5) is 17.5. The summed E-state index contributed by atoms with van der Waals surface area (Å²) in [5.74, 6) is 0.541. The molecule has 1 N–H and O–H groups in total. The summed E-state index contributed by atoms with van der Waals surface area (Å²) in [5, 5.41) is 9.73. The molecule has 4 rings (SSSR count). The number of nitrogens with one attached hydrogen (secondary N) is 1. The molecule has 0 fully saturated rings. The first-order valence-electron chi connectivity index (χ1n) is 7.80. The van der Waals surface area contributed by atoms with Gasteiger partial charge in [0.1, 0.15) is 5.75 Å². The van der Waals surface area contributed by atoms with Crippen molar-refractivity contribution < 1.29 is 9.53 Å². The van der Waals surface area contributed by atoms with E-state index in [2.05, 4.69) is 15.4 Å². The van der Waals surface area contributed by atoms with E-state index in [1.54, 1.807) is 23.8 Å². The Morgan fingerprint density at radius 2 is 1.96 bits per heavy atom. The predicted octanol–water partition coefficient (Wildman–Crippen LogP) is 5.03. The molecule has 2 heterocycles. The van der Waals surface area contributed by atoms with Gasteiger partial charge in [-0.1, -0.05) is 23.2 Å². The first-order valence-corrected chi connectivity index (χ1v) is 9.44.